The van der Waals surface area contributed by atoms with Crippen molar-refractivity contribution in [3.63, 3.8) is 0 Å². The first-order chi connectivity index (χ1) is 10.2. The molecular formula is C16H23ClN2O3. The largest absolute Gasteiger partial charge is 0.393 e. The van der Waals surface area contributed by atoms with Gasteiger partial charge in [-0.2, -0.15) is 0 Å². The molecule has 0 radical (unpaired) electrons. The fraction of sp³-hybridized carbons (Fsp3) is 0.500. The third kappa shape index (κ3) is 5.31. The van der Waals surface area contributed by atoms with Gasteiger partial charge in [0.1, 0.15) is 0 Å². The van der Waals surface area contributed by atoms with Gasteiger partial charge in [0.15, 0.2) is 0 Å². The Morgan fingerprint density at radius 1 is 1.32 bits per heavy atom. The molecule has 1 aromatic rings. The average molecular weight is 327 g/mol. The molecule has 1 aromatic carbocycles. The van der Waals surface area contributed by atoms with Crippen LogP contribution in [0.4, 0.5) is 5.69 Å². The van der Waals surface area contributed by atoms with Crippen LogP contribution in [0, 0.1) is 5.92 Å². The minimum atomic E-state index is -0.470. The van der Waals surface area contributed by atoms with Crippen LogP contribution in [0.3, 0.4) is 0 Å². The van der Waals surface area contributed by atoms with Crippen LogP contribution in [-0.4, -0.2) is 41.5 Å². The Morgan fingerprint density at radius 2 is 1.95 bits per heavy atom. The monoisotopic (exact) mass is 326 g/mol. The second-order valence-corrected chi connectivity index (χ2v) is 6.11. The summed E-state index contributed by atoms with van der Waals surface area (Å²) in [5.74, 6) is -0.516. The molecule has 1 atom stereocenters. The van der Waals surface area contributed by atoms with Crippen LogP contribution >= 0.6 is 11.6 Å². The lowest BCUT2D eigenvalue weighted by molar-refractivity contribution is -0.118. The number of carbonyl (C=O) groups is 2. The number of amides is 2. The number of anilines is 1. The summed E-state index contributed by atoms with van der Waals surface area (Å²) in [4.78, 5) is 25.6. The lowest BCUT2D eigenvalue weighted by atomic mass is 10.1. The highest BCUT2D eigenvalue weighted by molar-refractivity contribution is 6.34. The molecule has 2 N–H and O–H groups in total. The highest BCUT2D eigenvalue weighted by atomic mass is 35.5. The quantitative estimate of drug-likeness (QED) is 0.844. The first-order valence-electron chi connectivity index (χ1n) is 7.26. The van der Waals surface area contributed by atoms with Crippen molar-refractivity contribution >= 4 is 29.1 Å². The molecular weight excluding hydrogens is 304 g/mol. The number of rotatable bonds is 6. The molecule has 0 bridgehead atoms. The van der Waals surface area contributed by atoms with E-state index in [1.54, 1.807) is 46.0 Å². The summed E-state index contributed by atoms with van der Waals surface area (Å²) in [5.41, 5.74) is 0.867. The zero-order valence-electron chi connectivity index (χ0n) is 13.4. The number of hydrogen-bond donors (Lipinski definition) is 2. The molecule has 0 saturated heterocycles. The maximum Gasteiger partial charge on any atom is 0.255 e. The van der Waals surface area contributed by atoms with E-state index in [0.717, 1.165) is 0 Å². The van der Waals surface area contributed by atoms with Crippen LogP contribution in [-0.2, 0) is 4.79 Å². The number of benzene rings is 1. The summed E-state index contributed by atoms with van der Waals surface area (Å²) in [6.45, 7) is 5.69. The average Bonchev–Trinajstić information content (AvgIpc) is 2.45. The van der Waals surface area contributed by atoms with E-state index in [4.69, 9.17) is 11.6 Å². The van der Waals surface area contributed by atoms with Crippen molar-refractivity contribution < 1.29 is 14.7 Å². The summed E-state index contributed by atoms with van der Waals surface area (Å²) in [6.07, 6.45) is 0.0197. The van der Waals surface area contributed by atoms with Gasteiger partial charge in [0.2, 0.25) is 5.91 Å². The topological polar surface area (TPSA) is 69.6 Å². The first kappa shape index (κ1) is 18.5. The number of nitrogens with zero attached hydrogens (tertiary/aromatic N) is 1. The Kier molecular flexibility index (Phi) is 6.84. The van der Waals surface area contributed by atoms with Crippen LogP contribution in [0.2, 0.25) is 5.02 Å². The highest BCUT2D eigenvalue weighted by Crippen LogP contribution is 2.22. The number of nitrogens with one attached hydrogen (secondary N) is 1. The van der Waals surface area contributed by atoms with Gasteiger partial charge in [-0.3, -0.25) is 9.59 Å². The molecule has 5 nitrogen and oxygen atoms in total. The van der Waals surface area contributed by atoms with Crippen LogP contribution < -0.4 is 5.32 Å². The maximum absolute atomic E-state index is 12.4. The lowest BCUT2D eigenvalue weighted by Gasteiger charge is -2.19. The van der Waals surface area contributed by atoms with Gasteiger partial charge in [0, 0.05) is 25.2 Å². The lowest BCUT2D eigenvalue weighted by Crippen LogP contribution is -2.29. The number of hydrogen-bond acceptors (Lipinski definition) is 3. The molecule has 6 heteroatoms. The molecule has 1 unspecified atom stereocenters. The predicted molar refractivity (Wildman–Crippen MR) is 88.2 cm³/mol. The fourth-order valence-corrected chi connectivity index (χ4v) is 1.94. The van der Waals surface area contributed by atoms with Crippen molar-refractivity contribution in [2.75, 3.05) is 18.9 Å². The molecule has 0 aromatic heterocycles. The van der Waals surface area contributed by atoms with Gasteiger partial charge in [-0.1, -0.05) is 25.4 Å². The van der Waals surface area contributed by atoms with Crippen molar-refractivity contribution in [3.8, 4) is 0 Å². The van der Waals surface area contributed by atoms with Crippen molar-refractivity contribution in [3.05, 3.63) is 28.8 Å². The van der Waals surface area contributed by atoms with E-state index < -0.39 is 6.10 Å². The molecule has 0 spiro atoms. The van der Waals surface area contributed by atoms with E-state index in [9.17, 15) is 14.7 Å². The summed E-state index contributed by atoms with van der Waals surface area (Å²) in [7, 11) is 1.65. The second kappa shape index (κ2) is 8.15. The smallest absolute Gasteiger partial charge is 0.255 e. The van der Waals surface area contributed by atoms with Gasteiger partial charge in [-0.25, -0.2) is 0 Å². The predicted octanol–water partition coefficient (Wildman–Crippen LogP) is 2.78. The van der Waals surface area contributed by atoms with Crippen LogP contribution in [0.1, 0.15) is 37.6 Å². The van der Waals surface area contributed by atoms with E-state index in [-0.39, 0.29) is 17.7 Å². The summed E-state index contributed by atoms with van der Waals surface area (Å²) < 4.78 is 0. The number of halogens is 1. The number of carbonyl (C=O) groups excluding carboxylic acids is 2. The van der Waals surface area contributed by atoms with E-state index in [0.29, 0.717) is 29.2 Å². The first-order valence-corrected chi connectivity index (χ1v) is 7.64. The van der Waals surface area contributed by atoms with E-state index in [2.05, 4.69) is 5.32 Å². The van der Waals surface area contributed by atoms with Crippen molar-refractivity contribution in [1.82, 2.24) is 4.90 Å². The van der Waals surface area contributed by atoms with Crippen LogP contribution in [0.25, 0.3) is 0 Å². The Balaban J connectivity index is 2.89. The Hall–Kier alpha value is -1.59. The van der Waals surface area contributed by atoms with Crippen molar-refractivity contribution in [1.29, 1.82) is 0 Å². The van der Waals surface area contributed by atoms with Gasteiger partial charge in [-0.05, 0) is 31.5 Å². The molecule has 2 amide bonds. The van der Waals surface area contributed by atoms with Crippen LogP contribution in [0.15, 0.2) is 18.2 Å². The molecule has 0 heterocycles. The molecule has 122 valence electrons. The zero-order chi connectivity index (χ0) is 16.9. The molecule has 22 heavy (non-hydrogen) atoms. The van der Waals surface area contributed by atoms with Gasteiger partial charge in [0.05, 0.1) is 16.7 Å². The Labute approximate surface area is 136 Å². The normalized spacial score (nSPS) is 12.1. The third-order valence-electron chi connectivity index (χ3n) is 3.22. The van der Waals surface area contributed by atoms with Gasteiger partial charge in [-0.15, -0.1) is 0 Å². The molecule has 0 aliphatic heterocycles. The van der Waals surface area contributed by atoms with Crippen LogP contribution in [0.5, 0.6) is 0 Å². The van der Waals surface area contributed by atoms with Crippen molar-refractivity contribution in [2.24, 2.45) is 5.92 Å². The second-order valence-electron chi connectivity index (χ2n) is 5.70. The van der Waals surface area contributed by atoms with Gasteiger partial charge < -0.3 is 15.3 Å². The number of aliphatic hydroxyl groups is 1. The third-order valence-corrected chi connectivity index (χ3v) is 3.55. The molecule has 0 fully saturated rings. The minimum absolute atomic E-state index is 0.122. The summed E-state index contributed by atoms with van der Waals surface area (Å²) in [6, 6.07) is 4.83. The number of aliphatic hydroxyl groups excluding tert-OH is 1. The highest BCUT2D eigenvalue weighted by Gasteiger charge is 2.17. The minimum Gasteiger partial charge on any atom is -0.393 e. The van der Waals surface area contributed by atoms with Gasteiger partial charge >= 0.3 is 0 Å². The van der Waals surface area contributed by atoms with E-state index >= 15 is 0 Å². The molecule has 0 aliphatic carbocycles. The zero-order valence-corrected chi connectivity index (χ0v) is 14.1. The molecule has 1 rings (SSSR count). The standard InChI is InChI=1S/C16H23ClN2O3/c1-10(2)15(21)18-12-5-6-14(17)13(9-12)16(22)19(4)8-7-11(3)20/h5-6,9-11,20H,7-8H2,1-4H3,(H,18,21). The Bertz CT molecular complexity index is 544. The molecule has 0 aliphatic rings. The fourth-order valence-electron chi connectivity index (χ4n) is 1.74. The maximum atomic E-state index is 12.4. The summed E-state index contributed by atoms with van der Waals surface area (Å²) in [5, 5.41) is 12.4. The SMILES string of the molecule is CC(O)CCN(C)C(=O)c1cc(NC(=O)C(C)C)ccc1Cl. The van der Waals surface area contributed by atoms with E-state index in [1.807, 2.05) is 0 Å². The Morgan fingerprint density at radius 3 is 2.50 bits per heavy atom. The van der Waals surface area contributed by atoms with Gasteiger partial charge in [0.25, 0.3) is 5.91 Å². The summed E-state index contributed by atoms with van der Waals surface area (Å²) >= 11 is 6.09. The van der Waals surface area contributed by atoms with E-state index in [1.165, 1.54) is 4.90 Å². The molecule has 0 saturated carbocycles. The van der Waals surface area contributed by atoms with Crippen molar-refractivity contribution in [2.45, 2.75) is 33.3 Å².